The van der Waals surface area contributed by atoms with E-state index >= 15 is 0 Å². The molecular formula is C24H23FN4O2S2. The maximum absolute atomic E-state index is 13.5. The summed E-state index contributed by atoms with van der Waals surface area (Å²) < 4.78 is 15.0. The van der Waals surface area contributed by atoms with Crippen molar-refractivity contribution in [2.24, 2.45) is 0 Å². The van der Waals surface area contributed by atoms with Crippen LogP contribution in [-0.4, -0.2) is 58.0 Å². The molecule has 0 radical (unpaired) electrons. The molecule has 0 saturated carbocycles. The lowest BCUT2D eigenvalue weighted by Crippen LogP contribution is -2.49. The highest BCUT2D eigenvalue weighted by Gasteiger charge is 2.25. The normalized spacial score (nSPS) is 15.5. The zero-order chi connectivity index (χ0) is 22.8. The summed E-state index contributed by atoms with van der Waals surface area (Å²) in [5.74, 6) is 0.682. The van der Waals surface area contributed by atoms with Crippen molar-refractivity contribution in [3.8, 4) is 5.69 Å². The molecule has 2 aliphatic heterocycles. The highest BCUT2D eigenvalue weighted by atomic mass is 32.2. The fraction of sp³-hybridized carbons (Fsp3) is 0.292. The van der Waals surface area contributed by atoms with Crippen molar-refractivity contribution in [3.63, 3.8) is 0 Å². The fourth-order valence-electron chi connectivity index (χ4n) is 4.08. The van der Waals surface area contributed by atoms with Gasteiger partial charge in [0.25, 0.3) is 5.56 Å². The molecule has 0 spiro atoms. The van der Waals surface area contributed by atoms with E-state index in [1.165, 1.54) is 45.9 Å². The maximum Gasteiger partial charge on any atom is 0.272 e. The van der Waals surface area contributed by atoms with Crippen molar-refractivity contribution < 1.29 is 9.18 Å². The number of thioether (sulfide) groups is 2. The average Bonchev–Trinajstić information content (AvgIpc) is 3.33. The SMILES string of the molecule is O=C(CSc1nc2c(c(=O)n1-c1ccc(F)cc1)SCC2)N1CCN(c2ccccc2)CC1. The number of carbonyl (C=O) groups excluding carboxylic acids is 1. The second-order valence-corrected chi connectivity index (χ2v) is 9.93. The second kappa shape index (κ2) is 9.61. The number of rotatable bonds is 5. The number of nitrogens with zero attached hydrogens (tertiary/aromatic N) is 4. The number of benzene rings is 2. The minimum atomic E-state index is -0.366. The summed E-state index contributed by atoms with van der Waals surface area (Å²) in [6, 6.07) is 16.0. The number of halogens is 1. The topological polar surface area (TPSA) is 58.4 Å². The number of aromatic nitrogens is 2. The van der Waals surface area contributed by atoms with E-state index in [1.54, 1.807) is 12.1 Å². The molecule has 6 nitrogen and oxygen atoms in total. The van der Waals surface area contributed by atoms with Crippen LogP contribution in [0.2, 0.25) is 0 Å². The molecule has 0 bridgehead atoms. The van der Waals surface area contributed by atoms with Gasteiger partial charge in [0.2, 0.25) is 5.91 Å². The smallest absolute Gasteiger partial charge is 0.272 e. The number of hydrogen-bond donors (Lipinski definition) is 0. The van der Waals surface area contributed by atoms with Gasteiger partial charge in [-0.15, -0.1) is 11.8 Å². The van der Waals surface area contributed by atoms with Crippen LogP contribution in [0.3, 0.4) is 0 Å². The summed E-state index contributed by atoms with van der Waals surface area (Å²) in [6.07, 6.45) is 0.739. The van der Waals surface area contributed by atoms with Crippen LogP contribution in [0.15, 0.2) is 69.4 Å². The first-order valence-electron chi connectivity index (χ1n) is 10.9. The van der Waals surface area contributed by atoms with Crippen LogP contribution in [0.1, 0.15) is 5.69 Å². The predicted molar refractivity (Wildman–Crippen MR) is 130 cm³/mol. The molecule has 1 fully saturated rings. The van der Waals surface area contributed by atoms with Crippen molar-refractivity contribution in [2.45, 2.75) is 16.5 Å². The van der Waals surface area contributed by atoms with E-state index in [0.717, 1.165) is 31.0 Å². The quantitative estimate of drug-likeness (QED) is 0.410. The Balaban J connectivity index is 1.30. The van der Waals surface area contributed by atoms with Crippen LogP contribution in [0, 0.1) is 5.82 Å². The van der Waals surface area contributed by atoms with Crippen LogP contribution < -0.4 is 10.5 Å². The molecule has 0 atom stereocenters. The van der Waals surface area contributed by atoms with E-state index in [2.05, 4.69) is 17.0 Å². The number of para-hydroxylation sites is 1. The van der Waals surface area contributed by atoms with Crippen molar-refractivity contribution in [2.75, 3.05) is 42.6 Å². The molecule has 1 amide bonds. The molecule has 3 heterocycles. The minimum absolute atomic E-state index is 0.0301. The predicted octanol–water partition coefficient (Wildman–Crippen LogP) is 3.46. The number of carbonyl (C=O) groups is 1. The van der Waals surface area contributed by atoms with Gasteiger partial charge in [0.05, 0.1) is 22.0 Å². The van der Waals surface area contributed by atoms with Gasteiger partial charge in [0, 0.05) is 44.0 Å². The van der Waals surface area contributed by atoms with Crippen LogP contribution in [0.25, 0.3) is 5.69 Å². The summed E-state index contributed by atoms with van der Waals surface area (Å²) in [5, 5.41) is 0.476. The lowest BCUT2D eigenvalue weighted by molar-refractivity contribution is -0.128. The average molecular weight is 483 g/mol. The lowest BCUT2D eigenvalue weighted by atomic mass is 10.2. The Labute approximate surface area is 199 Å². The van der Waals surface area contributed by atoms with Gasteiger partial charge in [-0.05, 0) is 36.4 Å². The first-order valence-corrected chi connectivity index (χ1v) is 12.8. The largest absolute Gasteiger partial charge is 0.368 e. The molecule has 0 unspecified atom stereocenters. The summed E-state index contributed by atoms with van der Waals surface area (Å²) in [6.45, 7) is 2.89. The van der Waals surface area contributed by atoms with Gasteiger partial charge in [-0.3, -0.25) is 14.2 Å². The van der Waals surface area contributed by atoms with E-state index in [-0.39, 0.29) is 23.0 Å². The molecule has 5 rings (SSSR count). The Morgan fingerprint density at radius 1 is 1.00 bits per heavy atom. The third-order valence-electron chi connectivity index (χ3n) is 5.83. The molecule has 0 N–H and O–H groups in total. The minimum Gasteiger partial charge on any atom is -0.368 e. The number of aryl methyl sites for hydroxylation is 1. The molecule has 1 aromatic heterocycles. The van der Waals surface area contributed by atoms with E-state index in [1.807, 2.05) is 23.1 Å². The molecule has 3 aromatic rings. The highest BCUT2D eigenvalue weighted by molar-refractivity contribution is 8.00. The van der Waals surface area contributed by atoms with Crippen LogP contribution in [-0.2, 0) is 11.2 Å². The third kappa shape index (κ3) is 4.65. The van der Waals surface area contributed by atoms with Gasteiger partial charge in [0.1, 0.15) is 5.82 Å². The standard InChI is InChI=1S/C24H23FN4O2S2/c25-17-6-8-19(9-7-17)29-23(31)22-20(10-15-32-22)26-24(29)33-16-21(30)28-13-11-27(12-14-28)18-4-2-1-3-5-18/h1-9H,10-16H2. The zero-order valence-electron chi connectivity index (χ0n) is 17.9. The highest BCUT2D eigenvalue weighted by Crippen LogP contribution is 2.30. The summed E-state index contributed by atoms with van der Waals surface area (Å²) in [7, 11) is 0. The molecule has 170 valence electrons. The summed E-state index contributed by atoms with van der Waals surface area (Å²) in [4.78, 5) is 35.6. The molecule has 2 aliphatic rings. The third-order valence-corrected chi connectivity index (χ3v) is 7.86. The van der Waals surface area contributed by atoms with Gasteiger partial charge < -0.3 is 9.80 Å². The molecule has 9 heteroatoms. The lowest BCUT2D eigenvalue weighted by Gasteiger charge is -2.36. The Morgan fingerprint density at radius 3 is 2.45 bits per heavy atom. The van der Waals surface area contributed by atoms with E-state index in [4.69, 9.17) is 4.98 Å². The van der Waals surface area contributed by atoms with E-state index < -0.39 is 0 Å². The molecule has 33 heavy (non-hydrogen) atoms. The first kappa shape index (κ1) is 22.0. The second-order valence-electron chi connectivity index (χ2n) is 7.88. The molecule has 0 aliphatic carbocycles. The van der Waals surface area contributed by atoms with Crippen molar-refractivity contribution in [1.82, 2.24) is 14.5 Å². The fourth-order valence-corrected chi connectivity index (χ4v) is 6.03. The van der Waals surface area contributed by atoms with Crippen LogP contribution in [0.4, 0.5) is 10.1 Å². The number of fused-ring (bicyclic) bond motifs is 1. The van der Waals surface area contributed by atoms with Gasteiger partial charge in [-0.2, -0.15) is 0 Å². The number of anilines is 1. The maximum atomic E-state index is 13.5. The van der Waals surface area contributed by atoms with Gasteiger partial charge in [0.15, 0.2) is 5.16 Å². The molecule has 1 saturated heterocycles. The summed E-state index contributed by atoms with van der Waals surface area (Å²) in [5.41, 5.74) is 2.36. The Bertz CT molecular complexity index is 1210. The Morgan fingerprint density at radius 2 is 1.73 bits per heavy atom. The monoisotopic (exact) mass is 482 g/mol. The van der Waals surface area contributed by atoms with Gasteiger partial charge in [-0.25, -0.2) is 9.37 Å². The Kier molecular flexibility index (Phi) is 6.41. The molecule has 2 aromatic carbocycles. The zero-order valence-corrected chi connectivity index (χ0v) is 19.6. The van der Waals surface area contributed by atoms with Gasteiger partial charge in [-0.1, -0.05) is 30.0 Å². The van der Waals surface area contributed by atoms with Crippen LogP contribution in [0.5, 0.6) is 0 Å². The first-order chi connectivity index (χ1) is 16.1. The summed E-state index contributed by atoms with van der Waals surface area (Å²) >= 11 is 2.77. The number of piperazine rings is 1. The van der Waals surface area contributed by atoms with Crippen molar-refractivity contribution in [1.29, 1.82) is 0 Å². The van der Waals surface area contributed by atoms with E-state index in [9.17, 15) is 14.0 Å². The van der Waals surface area contributed by atoms with Crippen molar-refractivity contribution >= 4 is 35.1 Å². The number of hydrogen-bond acceptors (Lipinski definition) is 6. The van der Waals surface area contributed by atoms with Gasteiger partial charge >= 0.3 is 0 Å². The van der Waals surface area contributed by atoms with Crippen LogP contribution >= 0.6 is 23.5 Å². The van der Waals surface area contributed by atoms with E-state index in [0.29, 0.717) is 28.8 Å². The Hall–Kier alpha value is -2.78. The van der Waals surface area contributed by atoms with Crippen molar-refractivity contribution in [3.05, 3.63) is 76.5 Å². The number of amides is 1. The molecular weight excluding hydrogens is 459 g/mol.